The molecule has 1 aromatic heterocycles. The highest BCUT2D eigenvalue weighted by Gasteiger charge is 2.17. The van der Waals surface area contributed by atoms with Crippen LogP contribution in [0.5, 0.6) is 11.5 Å². The summed E-state index contributed by atoms with van der Waals surface area (Å²) in [7, 11) is 4.90. The molecule has 7 nitrogen and oxygen atoms in total. The Labute approximate surface area is 164 Å². The molecule has 0 fully saturated rings. The van der Waals surface area contributed by atoms with Crippen LogP contribution in [0.25, 0.3) is 10.8 Å². The molecule has 0 aliphatic carbocycles. The molecule has 1 heterocycles. The average molecular weight is 380 g/mol. The van der Waals surface area contributed by atoms with Gasteiger partial charge in [0, 0.05) is 37.0 Å². The lowest BCUT2D eigenvalue weighted by Crippen LogP contribution is -2.31. The van der Waals surface area contributed by atoms with E-state index in [0.29, 0.717) is 29.4 Å². The number of nitrogens with zero attached hydrogens (tertiary/aromatic N) is 2. The Bertz CT molecular complexity index is 976. The number of hydrogen-bond acceptors (Lipinski definition) is 5. The number of benzene rings is 2. The number of carbonyl (C=O) groups excluding carboxylic acids is 1. The zero-order chi connectivity index (χ0) is 20.1. The third kappa shape index (κ3) is 3.99. The van der Waals surface area contributed by atoms with Gasteiger partial charge in [-0.2, -0.15) is 0 Å². The second kappa shape index (κ2) is 8.58. The van der Waals surface area contributed by atoms with Gasteiger partial charge in [0.25, 0.3) is 0 Å². The van der Waals surface area contributed by atoms with Crippen LogP contribution in [0.4, 0.5) is 10.5 Å². The third-order valence-electron chi connectivity index (χ3n) is 4.50. The molecule has 0 saturated heterocycles. The van der Waals surface area contributed by atoms with Crippen LogP contribution >= 0.6 is 0 Å². The zero-order valence-corrected chi connectivity index (χ0v) is 16.2. The maximum Gasteiger partial charge on any atom is 0.321 e. The molecule has 3 rings (SSSR count). The average Bonchev–Trinajstić information content (AvgIpc) is 2.73. The van der Waals surface area contributed by atoms with E-state index < -0.39 is 0 Å². The number of nitrogens with two attached hydrogens (primary N) is 1. The van der Waals surface area contributed by atoms with Gasteiger partial charge in [0.15, 0.2) is 0 Å². The first-order valence-corrected chi connectivity index (χ1v) is 8.87. The molecule has 2 aromatic carbocycles. The number of aromatic nitrogens is 1. The summed E-state index contributed by atoms with van der Waals surface area (Å²) >= 11 is 0. The summed E-state index contributed by atoms with van der Waals surface area (Å²) < 4.78 is 10.9. The van der Waals surface area contributed by atoms with Crippen LogP contribution in [0.2, 0.25) is 0 Å². The van der Waals surface area contributed by atoms with Crippen molar-refractivity contribution in [1.82, 2.24) is 9.88 Å². The quantitative estimate of drug-likeness (QED) is 0.684. The third-order valence-corrected chi connectivity index (χ3v) is 4.50. The van der Waals surface area contributed by atoms with E-state index >= 15 is 0 Å². The van der Waals surface area contributed by atoms with E-state index in [9.17, 15) is 4.79 Å². The molecular formula is C21H24N4O3. The molecule has 28 heavy (non-hydrogen) atoms. The summed E-state index contributed by atoms with van der Waals surface area (Å²) in [4.78, 5) is 18.7. The van der Waals surface area contributed by atoms with Crippen LogP contribution < -0.4 is 20.5 Å². The van der Waals surface area contributed by atoms with E-state index in [1.54, 1.807) is 38.4 Å². The van der Waals surface area contributed by atoms with Gasteiger partial charge in [-0.15, -0.1) is 0 Å². The standard InChI is InChI=1S/C21H24N4O3/c1-25(13-14-7-5-4-6-8-14)21(26)24-18-12-23-17(11-22)20-16(18)9-15(27-2)10-19(20)28-3/h4-10,12H,11,13,22H2,1-3H3,(H,24,26). The van der Waals surface area contributed by atoms with Gasteiger partial charge in [-0.05, 0) is 11.6 Å². The highest BCUT2D eigenvalue weighted by molar-refractivity contribution is 6.04. The van der Waals surface area contributed by atoms with Crippen LogP contribution in [0.1, 0.15) is 11.3 Å². The van der Waals surface area contributed by atoms with Crippen molar-refractivity contribution < 1.29 is 14.3 Å². The zero-order valence-electron chi connectivity index (χ0n) is 16.2. The van der Waals surface area contributed by atoms with Gasteiger partial charge >= 0.3 is 6.03 Å². The highest BCUT2D eigenvalue weighted by Crippen LogP contribution is 2.36. The van der Waals surface area contributed by atoms with Crippen molar-refractivity contribution in [1.29, 1.82) is 0 Å². The van der Waals surface area contributed by atoms with Gasteiger partial charge in [-0.3, -0.25) is 4.98 Å². The van der Waals surface area contributed by atoms with Gasteiger partial charge in [-0.1, -0.05) is 30.3 Å². The summed E-state index contributed by atoms with van der Waals surface area (Å²) in [5.74, 6) is 1.21. The lowest BCUT2D eigenvalue weighted by atomic mass is 10.1. The van der Waals surface area contributed by atoms with Crippen LogP contribution in [0.3, 0.4) is 0 Å². The molecular weight excluding hydrogens is 356 g/mol. The van der Waals surface area contributed by atoms with Crippen molar-refractivity contribution >= 4 is 22.5 Å². The van der Waals surface area contributed by atoms with Crippen molar-refractivity contribution in [3.05, 3.63) is 59.9 Å². The Kier molecular flexibility index (Phi) is 5.96. The molecule has 0 spiro atoms. The Morgan fingerprint density at radius 3 is 2.57 bits per heavy atom. The molecule has 0 aliphatic rings. The number of carbonyl (C=O) groups is 1. The number of nitrogens with one attached hydrogen (secondary N) is 1. The lowest BCUT2D eigenvalue weighted by Gasteiger charge is -2.20. The maximum atomic E-state index is 12.7. The van der Waals surface area contributed by atoms with Gasteiger partial charge in [0.05, 0.1) is 31.8 Å². The Balaban J connectivity index is 1.95. The second-order valence-electron chi connectivity index (χ2n) is 6.35. The monoisotopic (exact) mass is 380 g/mol. The number of anilines is 1. The van der Waals surface area contributed by atoms with E-state index in [0.717, 1.165) is 16.3 Å². The largest absolute Gasteiger partial charge is 0.497 e. The number of rotatable bonds is 6. The van der Waals surface area contributed by atoms with E-state index in [2.05, 4.69) is 10.3 Å². The smallest absolute Gasteiger partial charge is 0.321 e. The van der Waals surface area contributed by atoms with Crippen molar-refractivity contribution in [2.75, 3.05) is 26.6 Å². The predicted molar refractivity (Wildman–Crippen MR) is 110 cm³/mol. The summed E-state index contributed by atoms with van der Waals surface area (Å²) in [5.41, 5.74) is 8.15. The van der Waals surface area contributed by atoms with Crippen LogP contribution in [0.15, 0.2) is 48.7 Å². The molecule has 3 aromatic rings. The fourth-order valence-corrected chi connectivity index (χ4v) is 3.05. The minimum absolute atomic E-state index is 0.241. The Morgan fingerprint density at radius 1 is 1.18 bits per heavy atom. The number of pyridine rings is 1. The number of hydrogen-bond donors (Lipinski definition) is 2. The SMILES string of the molecule is COc1cc(OC)c2c(CN)ncc(NC(=O)N(C)Cc3ccccc3)c2c1. The first-order valence-electron chi connectivity index (χ1n) is 8.87. The van der Waals surface area contributed by atoms with Gasteiger partial charge in [0.2, 0.25) is 0 Å². The van der Waals surface area contributed by atoms with Crippen LogP contribution in [0, 0.1) is 0 Å². The molecule has 146 valence electrons. The predicted octanol–water partition coefficient (Wildman–Crippen LogP) is 3.37. The van der Waals surface area contributed by atoms with Gasteiger partial charge in [-0.25, -0.2) is 4.79 Å². The topological polar surface area (TPSA) is 89.7 Å². The van der Waals surface area contributed by atoms with E-state index in [1.807, 2.05) is 36.4 Å². The molecule has 0 unspecified atom stereocenters. The second-order valence-corrected chi connectivity index (χ2v) is 6.35. The Hall–Kier alpha value is -3.32. The van der Waals surface area contributed by atoms with Crippen LogP contribution in [-0.4, -0.2) is 37.2 Å². The van der Waals surface area contributed by atoms with Gasteiger partial charge in [0.1, 0.15) is 11.5 Å². The number of ether oxygens (including phenoxy) is 2. The van der Waals surface area contributed by atoms with Crippen molar-refractivity contribution in [3.63, 3.8) is 0 Å². The van der Waals surface area contributed by atoms with E-state index in [-0.39, 0.29) is 12.6 Å². The highest BCUT2D eigenvalue weighted by atomic mass is 16.5. The normalized spacial score (nSPS) is 10.6. The molecule has 0 bridgehead atoms. The molecule has 0 radical (unpaired) electrons. The molecule has 0 atom stereocenters. The van der Waals surface area contributed by atoms with E-state index in [1.165, 1.54) is 0 Å². The number of urea groups is 1. The molecule has 0 aliphatic heterocycles. The number of fused-ring (bicyclic) bond motifs is 1. The Morgan fingerprint density at radius 2 is 1.93 bits per heavy atom. The number of amides is 2. The molecule has 2 amide bonds. The first-order chi connectivity index (χ1) is 13.6. The van der Waals surface area contributed by atoms with Crippen LogP contribution in [-0.2, 0) is 13.1 Å². The minimum Gasteiger partial charge on any atom is -0.497 e. The fraction of sp³-hybridized carbons (Fsp3) is 0.238. The molecule has 3 N–H and O–H groups in total. The minimum atomic E-state index is -0.241. The van der Waals surface area contributed by atoms with Crippen molar-refractivity contribution in [2.45, 2.75) is 13.1 Å². The van der Waals surface area contributed by atoms with Gasteiger partial charge < -0.3 is 25.4 Å². The molecule has 7 heteroatoms. The number of methoxy groups -OCH3 is 2. The summed E-state index contributed by atoms with van der Waals surface area (Å²) in [6, 6.07) is 13.2. The molecule has 0 saturated carbocycles. The fourth-order valence-electron chi connectivity index (χ4n) is 3.05. The maximum absolute atomic E-state index is 12.7. The van der Waals surface area contributed by atoms with E-state index in [4.69, 9.17) is 15.2 Å². The summed E-state index contributed by atoms with van der Waals surface area (Å²) in [6.07, 6.45) is 1.61. The lowest BCUT2D eigenvalue weighted by molar-refractivity contribution is 0.220. The van der Waals surface area contributed by atoms with Crippen molar-refractivity contribution in [2.24, 2.45) is 5.73 Å². The summed E-state index contributed by atoms with van der Waals surface area (Å²) in [5, 5.41) is 4.45. The summed E-state index contributed by atoms with van der Waals surface area (Å²) in [6.45, 7) is 0.743. The first kappa shape index (κ1) is 19.4. The van der Waals surface area contributed by atoms with Crippen molar-refractivity contribution in [3.8, 4) is 11.5 Å².